The van der Waals surface area contributed by atoms with Crippen LogP contribution in [0.3, 0.4) is 0 Å². The fraction of sp³-hybridized carbons (Fsp3) is 1.00. The van der Waals surface area contributed by atoms with Crippen molar-refractivity contribution in [1.82, 2.24) is 4.90 Å². The fourth-order valence-electron chi connectivity index (χ4n) is 3.87. The molecule has 3 atom stereocenters. The van der Waals surface area contributed by atoms with E-state index in [1.54, 1.807) is 0 Å². The van der Waals surface area contributed by atoms with Crippen molar-refractivity contribution in [3.05, 3.63) is 0 Å². The Hall–Kier alpha value is -0.0800. The van der Waals surface area contributed by atoms with Crippen LogP contribution in [-0.2, 0) is 0 Å². The van der Waals surface area contributed by atoms with Crippen LogP contribution in [0.1, 0.15) is 46.5 Å². The molecule has 3 unspecified atom stereocenters. The molecule has 0 spiro atoms. The number of nitrogens with two attached hydrogens (primary N) is 1. The number of likely N-dealkylation sites (tertiary alicyclic amines) is 1. The molecule has 0 aromatic heterocycles. The van der Waals surface area contributed by atoms with Crippen LogP contribution in [0.4, 0.5) is 0 Å². The normalized spacial score (nSPS) is 41.1. The molecular weight excluding hydrogens is 196 g/mol. The van der Waals surface area contributed by atoms with E-state index in [9.17, 15) is 0 Å². The summed E-state index contributed by atoms with van der Waals surface area (Å²) in [4.78, 5) is 2.73. The maximum atomic E-state index is 6.12. The summed E-state index contributed by atoms with van der Waals surface area (Å²) in [6.07, 6.45) is 5.46. The van der Waals surface area contributed by atoms with Gasteiger partial charge in [0.15, 0.2) is 0 Å². The van der Waals surface area contributed by atoms with Gasteiger partial charge in [0.2, 0.25) is 0 Å². The lowest BCUT2D eigenvalue weighted by Gasteiger charge is -2.42. The smallest absolute Gasteiger partial charge is 0.0357 e. The van der Waals surface area contributed by atoms with Gasteiger partial charge in [-0.3, -0.25) is 4.90 Å². The van der Waals surface area contributed by atoms with Gasteiger partial charge in [0, 0.05) is 18.6 Å². The van der Waals surface area contributed by atoms with E-state index in [2.05, 4.69) is 25.7 Å². The largest absolute Gasteiger partial charge is 0.329 e. The van der Waals surface area contributed by atoms with Crippen molar-refractivity contribution in [2.75, 3.05) is 19.6 Å². The van der Waals surface area contributed by atoms with Crippen LogP contribution in [-0.4, -0.2) is 30.1 Å². The molecule has 0 aromatic rings. The van der Waals surface area contributed by atoms with Crippen molar-refractivity contribution < 1.29 is 0 Å². The molecule has 16 heavy (non-hydrogen) atoms. The lowest BCUT2D eigenvalue weighted by atomic mass is 9.86. The van der Waals surface area contributed by atoms with E-state index in [0.29, 0.717) is 5.54 Å². The highest BCUT2D eigenvalue weighted by atomic mass is 15.2. The predicted octanol–water partition coefficient (Wildman–Crippen LogP) is 2.48. The molecule has 1 aliphatic carbocycles. The van der Waals surface area contributed by atoms with Gasteiger partial charge < -0.3 is 5.73 Å². The second kappa shape index (κ2) is 4.66. The summed E-state index contributed by atoms with van der Waals surface area (Å²) in [6, 6.07) is 0. The molecule has 2 nitrogen and oxygen atoms in total. The second-order valence-electron chi connectivity index (χ2n) is 6.34. The number of hydrogen-bond donors (Lipinski definition) is 1. The van der Waals surface area contributed by atoms with Gasteiger partial charge in [-0.2, -0.15) is 0 Å². The molecule has 0 aromatic carbocycles. The minimum atomic E-state index is 0.351. The quantitative estimate of drug-likeness (QED) is 0.798. The van der Waals surface area contributed by atoms with Gasteiger partial charge in [-0.25, -0.2) is 0 Å². The van der Waals surface area contributed by atoms with E-state index in [0.717, 1.165) is 24.3 Å². The third-order valence-electron chi connectivity index (χ3n) is 5.31. The van der Waals surface area contributed by atoms with E-state index in [1.807, 2.05) is 0 Å². The van der Waals surface area contributed by atoms with E-state index in [4.69, 9.17) is 5.73 Å². The van der Waals surface area contributed by atoms with Crippen molar-refractivity contribution >= 4 is 0 Å². The minimum Gasteiger partial charge on any atom is -0.329 e. The Morgan fingerprint density at radius 3 is 2.56 bits per heavy atom. The molecule has 0 radical (unpaired) electrons. The molecule has 2 rings (SSSR count). The average Bonchev–Trinajstić information content (AvgIpc) is 2.84. The Morgan fingerprint density at radius 2 is 2.12 bits per heavy atom. The van der Waals surface area contributed by atoms with Gasteiger partial charge in [-0.1, -0.05) is 27.2 Å². The molecule has 1 aliphatic heterocycles. The predicted molar refractivity (Wildman–Crippen MR) is 69.3 cm³/mol. The highest BCUT2D eigenvalue weighted by molar-refractivity contribution is 5.02. The summed E-state index contributed by atoms with van der Waals surface area (Å²) in [5.74, 6) is 2.52. The standard InChI is InChI=1S/C14H28N2/c1-11(2)13-6-8-16(9-13)14(10-15)7-4-5-12(14)3/h11-13H,4-10,15H2,1-3H3. The highest BCUT2D eigenvalue weighted by Gasteiger charge is 2.46. The number of rotatable bonds is 3. The van der Waals surface area contributed by atoms with Gasteiger partial charge in [0.25, 0.3) is 0 Å². The van der Waals surface area contributed by atoms with Crippen molar-refractivity contribution in [2.45, 2.75) is 52.0 Å². The van der Waals surface area contributed by atoms with Crippen LogP contribution in [0.25, 0.3) is 0 Å². The zero-order valence-corrected chi connectivity index (χ0v) is 11.2. The summed E-state index contributed by atoms with van der Waals surface area (Å²) in [6.45, 7) is 10.6. The molecule has 2 aliphatic rings. The van der Waals surface area contributed by atoms with Crippen LogP contribution >= 0.6 is 0 Å². The van der Waals surface area contributed by atoms with Crippen LogP contribution in [0, 0.1) is 17.8 Å². The second-order valence-corrected chi connectivity index (χ2v) is 6.34. The zero-order valence-electron chi connectivity index (χ0n) is 11.2. The Kier molecular flexibility index (Phi) is 3.60. The third-order valence-corrected chi connectivity index (χ3v) is 5.31. The fourth-order valence-corrected chi connectivity index (χ4v) is 3.87. The third kappa shape index (κ3) is 1.91. The summed E-state index contributed by atoms with van der Waals surface area (Å²) in [5.41, 5.74) is 6.47. The Morgan fingerprint density at radius 1 is 1.38 bits per heavy atom. The van der Waals surface area contributed by atoms with Crippen LogP contribution in [0.15, 0.2) is 0 Å². The summed E-state index contributed by atoms with van der Waals surface area (Å²) >= 11 is 0. The van der Waals surface area contributed by atoms with Gasteiger partial charge in [0.1, 0.15) is 0 Å². The Balaban J connectivity index is 2.06. The first-order valence-electron chi connectivity index (χ1n) is 7.05. The summed E-state index contributed by atoms with van der Waals surface area (Å²) in [7, 11) is 0. The van der Waals surface area contributed by atoms with Crippen molar-refractivity contribution in [1.29, 1.82) is 0 Å². The minimum absolute atomic E-state index is 0.351. The van der Waals surface area contributed by atoms with Crippen LogP contribution in [0.2, 0.25) is 0 Å². The zero-order chi connectivity index (χ0) is 11.8. The first-order chi connectivity index (χ1) is 7.60. The van der Waals surface area contributed by atoms with E-state index in [-0.39, 0.29) is 0 Å². The molecule has 1 saturated carbocycles. The lowest BCUT2D eigenvalue weighted by molar-refractivity contribution is 0.0828. The topological polar surface area (TPSA) is 29.3 Å². The first kappa shape index (κ1) is 12.4. The Labute approximate surface area is 101 Å². The summed E-state index contributed by atoms with van der Waals surface area (Å²) < 4.78 is 0. The molecule has 0 bridgehead atoms. The maximum absolute atomic E-state index is 6.12. The molecular formula is C14H28N2. The molecule has 2 heteroatoms. The van der Waals surface area contributed by atoms with Gasteiger partial charge in [-0.15, -0.1) is 0 Å². The Bertz CT molecular complexity index is 239. The molecule has 1 saturated heterocycles. The van der Waals surface area contributed by atoms with E-state index in [1.165, 1.54) is 38.8 Å². The highest BCUT2D eigenvalue weighted by Crippen LogP contribution is 2.42. The summed E-state index contributed by atoms with van der Waals surface area (Å²) in [5, 5.41) is 0. The number of nitrogens with zero attached hydrogens (tertiary/aromatic N) is 1. The molecule has 2 N–H and O–H groups in total. The molecule has 1 heterocycles. The van der Waals surface area contributed by atoms with Gasteiger partial charge in [-0.05, 0) is 43.6 Å². The maximum Gasteiger partial charge on any atom is 0.0357 e. The average molecular weight is 224 g/mol. The van der Waals surface area contributed by atoms with Gasteiger partial charge >= 0.3 is 0 Å². The SMILES string of the molecule is CC(C)C1CCN(C2(CN)CCCC2C)C1. The first-order valence-corrected chi connectivity index (χ1v) is 7.05. The van der Waals surface area contributed by atoms with Crippen molar-refractivity contribution in [3.8, 4) is 0 Å². The van der Waals surface area contributed by atoms with Crippen LogP contribution in [0.5, 0.6) is 0 Å². The van der Waals surface area contributed by atoms with Crippen LogP contribution < -0.4 is 5.73 Å². The molecule has 94 valence electrons. The molecule has 0 amide bonds. The van der Waals surface area contributed by atoms with Crippen molar-refractivity contribution in [2.24, 2.45) is 23.5 Å². The van der Waals surface area contributed by atoms with Crippen molar-refractivity contribution in [3.63, 3.8) is 0 Å². The molecule has 2 fully saturated rings. The van der Waals surface area contributed by atoms with E-state index < -0.39 is 0 Å². The van der Waals surface area contributed by atoms with Gasteiger partial charge in [0.05, 0.1) is 0 Å². The lowest BCUT2D eigenvalue weighted by Crippen LogP contribution is -2.54. The van der Waals surface area contributed by atoms with E-state index >= 15 is 0 Å². The monoisotopic (exact) mass is 224 g/mol. The number of hydrogen-bond acceptors (Lipinski definition) is 2.